The minimum Gasteiger partial charge on any atom is -0.348 e. The number of amides is 1. The molecule has 1 aliphatic heterocycles. The highest BCUT2D eigenvalue weighted by Crippen LogP contribution is 2.18. The van der Waals surface area contributed by atoms with E-state index in [9.17, 15) is 4.79 Å². The third-order valence-corrected chi connectivity index (χ3v) is 4.50. The van der Waals surface area contributed by atoms with Crippen molar-refractivity contribution >= 4 is 11.4 Å². The summed E-state index contributed by atoms with van der Waals surface area (Å²) >= 11 is 0. The number of imidazole rings is 1. The second kappa shape index (κ2) is 5.53. The van der Waals surface area contributed by atoms with Crippen molar-refractivity contribution in [2.75, 3.05) is 0 Å². The maximum absolute atomic E-state index is 12.4. The van der Waals surface area contributed by atoms with Gasteiger partial charge in [-0.15, -0.1) is 0 Å². The number of pyridine rings is 1. The summed E-state index contributed by atoms with van der Waals surface area (Å²) in [5, 5.41) is 7.41. The zero-order valence-electron chi connectivity index (χ0n) is 13.1. The maximum atomic E-state index is 12.4. The van der Waals surface area contributed by atoms with Crippen molar-refractivity contribution in [1.82, 2.24) is 24.5 Å². The molecule has 0 unspecified atom stereocenters. The molecule has 0 saturated carbocycles. The summed E-state index contributed by atoms with van der Waals surface area (Å²) in [5.74, 6) is -0.0659. The zero-order chi connectivity index (χ0) is 15.8. The van der Waals surface area contributed by atoms with Crippen LogP contribution in [-0.4, -0.2) is 25.1 Å². The smallest absolute Gasteiger partial charge is 0.251 e. The number of hydrogen-bond donors (Lipinski definition) is 1. The van der Waals surface area contributed by atoms with Crippen LogP contribution in [-0.2, 0) is 19.5 Å². The Morgan fingerprint density at radius 3 is 3.22 bits per heavy atom. The first-order chi connectivity index (χ1) is 11.2. The van der Waals surface area contributed by atoms with Crippen LogP contribution in [0.3, 0.4) is 0 Å². The molecule has 1 N–H and O–H groups in total. The molecule has 3 aromatic heterocycles. The van der Waals surface area contributed by atoms with E-state index >= 15 is 0 Å². The van der Waals surface area contributed by atoms with Crippen LogP contribution in [0.1, 0.15) is 40.2 Å². The van der Waals surface area contributed by atoms with Crippen LogP contribution in [0.5, 0.6) is 0 Å². The average molecular weight is 309 g/mol. The number of aromatic nitrogens is 4. The predicted octanol–water partition coefficient (Wildman–Crippen LogP) is 2.11. The Morgan fingerprint density at radius 2 is 2.30 bits per heavy atom. The number of nitrogens with one attached hydrogen (secondary N) is 1. The van der Waals surface area contributed by atoms with E-state index in [1.54, 1.807) is 6.33 Å². The molecule has 0 bridgehead atoms. The first kappa shape index (κ1) is 14.0. The minimum absolute atomic E-state index is 0.0659. The van der Waals surface area contributed by atoms with Gasteiger partial charge in [-0.25, -0.2) is 4.98 Å². The first-order valence-corrected chi connectivity index (χ1v) is 7.97. The molecule has 23 heavy (non-hydrogen) atoms. The van der Waals surface area contributed by atoms with E-state index in [1.165, 1.54) is 18.5 Å². The number of carbonyl (C=O) groups excluding carboxylic acids is 1. The van der Waals surface area contributed by atoms with Crippen LogP contribution in [0.25, 0.3) is 5.52 Å². The van der Waals surface area contributed by atoms with Gasteiger partial charge in [0.25, 0.3) is 5.91 Å². The Hall–Kier alpha value is -2.63. The fourth-order valence-corrected chi connectivity index (χ4v) is 3.17. The quantitative estimate of drug-likeness (QED) is 0.806. The van der Waals surface area contributed by atoms with Crippen LogP contribution in [0.15, 0.2) is 30.9 Å². The summed E-state index contributed by atoms with van der Waals surface area (Å²) in [4.78, 5) is 16.7. The molecule has 6 nitrogen and oxygen atoms in total. The van der Waals surface area contributed by atoms with E-state index in [0.717, 1.165) is 29.7 Å². The molecule has 4 heterocycles. The monoisotopic (exact) mass is 309 g/mol. The molecule has 0 spiro atoms. The van der Waals surface area contributed by atoms with Gasteiger partial charge in [0, 0.05) is 36.1 Å². The summed E-state index contributed by atoms with van der Waals surface area (Å²) in [7, 11) is 0. The van der Waals surface area contributed by atoms with Gasteiger partial charge in [-0.3, -0.25) is 9.48 Å². The maximum Gasteiger partial charge on any atom is 0.251 e. The topological polar surface area (TPSA) is 64.2 Å². The van der Waals surface area contributed by atoms with E-state index in [1.807, 2.05) is 35.9 Å². The van der Waals surface area contributed by atoms with Crippen molar-refractivity contribution in [2.45, 2.75) is 39.3 Å². The summed E-state index contributed by atoms with van der Waals surface area (Å²) < 4.78 is 3.98. The number of carbonyl (C=O) groups is 1. The standard InChI is InChI=1S/C17H19N5O/c1-12-16-8-13(5-7-21(16)11-19-12)17(23)18-9-14-10-20-22-6-3-2-4-15(14)22/h5,7-8,10-11H,2-4,6,9H2,1H3,(H,18,23). The van der Waals surface area contributed by atoms with E-state index < -0.39 is 0 Å². The summed E-state index contributed by atoms with van der Waals surface area (Å²) in [6, 6.07) is 3.70. The Kier molecular flexibility index (Phi) is 3.37. The Morgan fingerprint density at radius 1 is 1.39 bits per heavy atom. The van der Waals surface area contributed by atoms with Crippen molar-refractivity contribution in [1.29, 1.82) is 0 Å². The van der Waals surface area contributed by atoms with Crippen molar-refractivity contribution in [3.05, 3.63) is 53.4 Å². The summed E-state index contributed by atoms with van der Waals surface area (Å²) in [6.07, 6.45) is 8.93. The molecule has 0 radical (unpaired) electrons. The molecule has 6 heteroatoms. The molecule has 118 valence electrons. The van der Waals surface area contributed by atoms with Gasteiger partial charge in [-0.1, -0.05) is 0 Å². The molecule has 0 aromatic carbocycles. The van der Waals surface area contributed by atoms with Gasteiger partial charge in [-0.05, 0) is 38.3 Å². The van der Waals surface area contributed by atoms with E-state index in [0.29, 0.717) is 12.1 Å². The first-order valence-electron chi connectivity index (χ1n) is 7.97. The van der Waals surface area contributed by atoms with E-state index in [-0.39, 0.29) is 5.91 Å². The molecule has 1 aliphatic rings. The largest absolute Gasteiger partial charge is 0.348 e. The average Bonchev–Trinajstić information content (AvgIpc) is 3.16. The van der Waals surface area contributed by atoms with Gasteiger partial charge in [0.15, 0.2) is 0 Å². The highest BCUT2D eigenvalue weighted by molar-refractivity contribution is 5.95. The van der Waals surface area contributed by atoms with Crippen LogP contribution in [0.4, 0.5) is 0 Å². The fourth-order valence-electron chi connectivity index (χ4n) is 3.17. The third-order valence-electron chi connectivity index (χ3n) is 4.50. The Balaban J connectivity index is 1.50. The van der Waals surface area contributed by atoms with Crippen LogP contribution in [0.2, 0.25) is 0 Å². The zero-order valence-corrected chi connectivity index (χ0v) is 13.1. The van der Waals surface area contributed by atoms with Crippen LogP contribution in [0, 0.1) is 6.92 Å². The highest BCUT2D eigenvalue weighted by Gasteiger charge is 2.15. The number of hydrogen-bond acceptors (Lipinski definition) is 3. The molecule has 4 rings (SSSR count). The SMILES string of the molecule is Cc1ncn2ccc(C(=O)NCc3cnn4c3CCCC4)cc12. The van der Waals surface area contributed by atoms with Gasteiger partial charge in [0.2, 0.25) is 0 Å². The Bertz CT molecular complexity index is 876. The second-order valence-corrected chi connectivity index (χ2v) is 6.02. The van der Waals surface area contributed by atoms with E-state index in [2.05, 4.69) is 20.1 Å². The minimum atomic E-state index is -0.0659. The number of rotatable bonds is 3. The molecular formula is C17H19N5O. The fraction of sp³-hybridized carbons (Fsp3) is 0.353. The van der Waals surface area contributed by atoms with Gasteiger partial charge < -0.3 is 9.72 Å². The molecule has 0 aliphatic carbocycles. The lowest BCUT2D eigenvalue weighted by atomic mass is 10.1. The van der Waals surface area contributed by atoms with Crippen LogP contribution >= 0.6 is 0 Å². The molecule has 3 aromatic rings. The predicted molar refractivity (Wildman–Crippen MR) is 86.3 cm³/mol. The lowest BCUT2D eigenvalue weighted by Gasteiger charge is -2.15. The van der Waals surface area contributed by atoms with Gasteiger partial charge in [-0.2, -0.15) is 5.10 Å². The van der Waals surface area contributed by atoms with Gasteiger partial charge >= 0.3 is 0 Å². The number of aryl methyl sites for hydroxylation is 2. The summed E-state index contributed by atoms with van der Waals surface area (Å²) in [5.41, 5.74) is 4.92. The van der Waals surface area contributed by atoms with E-state index in [4.69, 9.17) is 0 Å². The van der Waals surface area contributed by atoms with Crippen molar-refractivity contribution in [2.24, 2.45) is 0 Å². The van der Waals surface area contributed by atoms with Gasteiger partial charge in [0.05, 0.1) is 23.7 Å². The molecule has 0 atom stereocenters. The number of fused-ring (bicyclic) bond motifs is 2. The van der Waals surface area contributed by atoms with Crippen molar-refractivity contribution < 1.29 is 4.79 Å². The molecule has 0 saturated heterocycles. The molecule has 0 fully saturated rings. The molecule has 1 amide bonds. The lowest BCUT2D eigenvalue weighted by Crippen LogP contribution is -2.24. The molecular weight excluding hydrogens is 290 g/mol. The lowest BCUT2D eigenvalue weighted by molar-refractivity contribution is 0.0951. The number of nitrogens with zero attached hydrogens (tertiary/aromatic N) is 4. The normalized spacial score (nSPS) is 14.0. The third kappa shape index (κ3) is 2.50. The second-order valence-electron chi connectivity index (χ2n) is 6.02. The van der Waals surface area contributed by atoms with Crippen LogP contribution < -0.4 is 5.32 Å². The summed E-state index contributed by atoms with van der Waals surface area (Å²) in [6.45, 7) is 3.45. The Labute approximate surface area is 134 Å². The highest BCUT2D eigenvalue weighted by atomic mass is 16.1. The van der Waals surface area contributed by atoms with Gasteiger partial charge in [0.1, 0.15) is 0 Å². The van der Waals surface area contributed by atoms with Crippen molar-refractivity contribution in [3.63, 3.8) is 0 Å². The van der Waals surface area contributed by atoms with Crippen molar-refractivity contribution in [3.8, 4) is 0 Å².